The topological polar surface area (TPSA) is 109 Å². The third-order valence-corrected chi connectivity index (χ3v) is 5.29. The van der Waals surface area contributed by atoms with E-state index in [-0.39, 0.29) is 12.5 Å². The summed E-state index contributed by atoms with van der Waals surface area (Å²) in [5, 5.41) is 8.31. The summed E-state index contributed by atoms with van der Waals surface area (Å²) in [5.41, 5.74) is 7.94. The van der Waals surface area contributed by atoms with Gasteiger partial charge in [0.25, 0.3) is 11.8 Å². The lowest BCUT2D eigenvalue weighted by atomic mass is 10.1. The molecule has 0 spiro atoms. The number of hydrazine groups is 1. The van der Waals surface area contributed by atoms with Gasteiger partial charge in [0.15, 0.2) is 0 Å². The van der Waals surface area contributed by atoms with E-state index in [1.807, 2.05) is 36.4 Å². The van der Waals surface area contributed by atoms with Crippen molar-refractivity contribution in [2.45, 2.75) is 32.2 Å². The first kappa shape index (κ1) is 20.5. The molecule has 3 aromatic rings. The van der Waals surface area contributed by atoms with E-state index in [9.17, 15) is 14.4 Å². The van der Waals surface area contributed by atoms with Gasteiger partial charge in [-0.1, -0.05) is 35.9 Å². The summed E-state index contributed by atoms with van der Waals surface area (Å²) in [6, 6.07) is 14.8. The monoisotopic (exact) mass is 420 g/mol. The molecule has 0 radical (unpaired) electrons. The van der Waals surface area contributed by atoms with Gasteiger partial charge in [0.1, 0.15) is 12.1 Å². The van der Waals surface area contributed by atoms with Crippen LogP contribution in [0.2, 0.25) is 0 Å². The summed E-state index contributed by atoms with van der Waals surface area (Å²) in [6.07, 6.45) is 3.21. The quantitative estimate of drug-likeness (QED) is 0.610. The number of fused-ring (bicyclic) bond motifs is 1. The van der Waals surface area contributed by atoms with Crippen LogP contribution in [0.4, 0.5) is 0 Å². The molecule has 0 saturated carbocycles. The summed E-state index contributed by atoms with van der Waals surface area (Å²) < 4.78 is 1.80. The summed E-state index contributed by atoms with van der Waals surface area (Å²) in [7, 11) is 0. The minimum absolute atomic E-state index is 0.0188. The fourth-order valence-electron chi connectivity index (χ4n) is 3.59. The van der Waals surface area contributed by atoms with Crippen LogP contribution in [0.15, 0.2) is 48.5 Å². The van der Waals surface area contributed by atoms with E-state index in [4.69, 9.17) is 0 Å². The molecule has 2 N–H and O–H groups in total. The fourth-order valence-corrected chi connectivity index (χ4v) is 3.59. The molecule has 0 atom stereocenters. The highest BCUT2D eigenvalue weighted by Gasteiger charge is 2.19. The van der Waals surface area contributed by atoms with Crippen LogP contribution in [0, 0.1) is 0 Å². The minimum Gasteiger partial charge on any atom is -0.333 e. The largest absolute Gasteiger partial charge is 0.333 e. The molecule has 160 valence electrons. The average Bonchev–Trinajstić information content (AvgIpc) is 3.08. The van der Waals surface area contributed by atoms with Gasteiger partial charge < -0.3 is 4.90 Å². The van der Waals surface area contributed by atoms with Crippen LogP contribution in [0.5, 0.6) is 0 Å². The Morgan fingerprint density at radius 3 is 2.61 bits per heavy atom. The zero-order valence-corrected chi connectivity index (χ0v) is 17.1. The molecular weight excluding hydrogens is 396 g/mol. The first-order chi connectivity index (χ1) is 15.1. The number of carbonyl (C=O) groups excluding carboxylic acids is 3. The van der Waals surface area contributed by atoms with Crippen LogP contribution < -0.4 is 10.9 Å². The van der Waals surface area contributed by atoms with Gasteiger partial charge in [0.2, 0.25) is 5.91 Å². The third kappa shape index (κ3) is 5.06. The SMILES string of the molecule is O=C(CN1CCCCCC1=O)NNC(=O)c1ccc(Cn2nnc3ccccc32)cc1. The van der Waals surface area contributed by atoms with Crippen molar-refractivity contribution in [1.82, 2.24) is 30.7 Å². The van der Waals surface area contributed by atoms with Crippen LogP contribution in [0.25, 0.3) is 11.0 Å². The van der Waals surface area contributed by atoms with Gasteiger partial charge in [-0.05, 0) is 42.7 Å². The van der Waals surface area contributed by atoms with Crippen molar-refractivity contribution in [3.05, 3.63) is 59.7 Å². The Bertz CT molecular complexity index is 1090. The Morgan fingerprint density at radius 1 is 0.968 bits per heavy atom. The molecule has 0 bridgehead atoms. The molecule has 1 fully saturated rings. The second kappa shape index (κ2) is 9.38. The standard InChI is InChI=1S/C22H24N6O3/c29-20(15-27-13-5-1-2-8-21(27)30)24-25-22(31)17-11-9-16(10-12-17)14-28-19-7-4-3-6-18(19)23-26-28/h3-4,6-7,9-12H,1-2,5,8,13-15H2,(H,24,29)(H,25,31). The van der Waals surface area contributed by atoms with Crippen molar-refractivity contribution in [2.24, 2.45) is 0 Å². The van der Waals surface area contributed by atoms with Gasteiger partial charge in [-0.3, -0.25) is 25.2 Å². The van der Waals surface area contributed by atoms with Gasteiger partial charge in [0.05, 0.1) is 12.1 Å². The smallest absolute Gasteiger partial charge is 0.269 e. The van der Waals surface area contributed by atoms with E-state index >= 15 is 0 Å². The molecule has 2 heterocycles. The molecule has 0 aliphatic carbocycles. The number of hydrogen-bond donors (Lipinski definition) is 2. The normalized spacial score (nSPS) is 14.3. The number of nitrogens with one attached hydrogen (secondary N) is 2. The van der Waals surface area contributed by atoms with E-state index in [1.165, 1.54) is 4.90 Å². The first-order valence-corrected chi connectivity index (χ1v) is 10.3. The van der Waals surface area contributed by atoms with E-state index in [1.54, 1.807) is 16.8 Å². The highest BCUT2D eigenvalue weighted by Crippen LogP contribution is 2.13. The summed E-state index contributed by atoms with van der Waals surface area (Å²) in [6.45, 7) is 1.05. The number of likely N-dealkylation sites (tertiary alicyclic amines) is 1. The Hall–Kier alpha value is -3.75. The third-order valence-electron chi connectivity index (χ3n) is 5.29. The predicted molar refractivity (Wildman–Crippen MR) is 114 cm³/mol. The zero-order valence-electron chi connectivity index (χ0n) is 17.1. The highest BCUT2D eigenvalue weighted by atomic mass is 16.2. The zero-order chi connectivity index (χ0) is 21.6. The molecule has 31 heavy (non-hydrogen) atoms. The number of hydrogen-bond acceptors (Lipinski definition) is 5. The van der Waals surface area contributed by atoms with Gasteiger partial charge in [-0.25, -0.2) is 4.68 Å². The number of nitrogens with zero attached hydrogens (tertiary/aromatic N) is 4. The number of aromatic nitrogens is 3. The van der Waals surface area contributed by atoms with Crippen molar-refractivity contribution in [3.63, 3.8) is 0 Å². The Balaban J connectivity index is 1.30. The molecule has 1 aromatic heterocycles. The lowest BCUT2D eigenvalue weighted by Crippen LogP contribution is -2.47. The van der Waals surface area contributed by atoms with Crippen molar-refractivity contribution in [1.29, 1.82) is 0 Å². The molecule has 1 saturated heterocycles. The van der Waals surface area contributed by atoms with E-state index in [0.29, 0.717) is 25.1 Å². The van der Waals surface area contributed by atoms with Crippen LogP contribution in [0.1, 0.15) is 41.6 Å². The molecular formula is C22H24N6O3. The average molecular weight is 420 g/mol. The Labute approximate surface area is 179 Å². The number of benzene rings is 2. The van der Waals surface area contributed by atoms with Gasteiger partial charge in [0, 0.05) is 18.5 Å². The van der Waals surface area contributed by atoms with Crippen molar-refractivity contribution in [3.8, 4) is 0 Å². The maximum Gasteiger partial charge on any atom is 0.269 e. The molecule has 2 aromatic carbocycles. The number of para-hydroxylation sites is 1. The van der Waals surface area contributed by atoms with Crippen LogP contribution >= 0.6 is 0 Å². The summed E-state index contributed by atoms with van der Waals surface area (Å²) >= 11 is 0. The molecule has 0 unspecified atom stereocenters. The first-order valence-electron chi connectivity index (χ1n) is 10.3. The fraction of sp³-hybridized carbons (Fsp3) is 0.318. The maximum absolute atomic E-state index is 12.3. The Kier molecular flexibility index (Phi) is 6.21. The molecule has 4 rings (SSSR count). The van der Waals surface area contributed by atoms with Crippen LogP contribution in [0.3, 0.4) is 0 Å². The molecule has 3 amide bonds. The van der Waals surface area contributed by atoms with E-state index in [0.717, 1.165) is 35.9 Å². The van der Waals surface area contributed by atoms with Crippen molar-refractivity contribution >= 4 is 28.8 Å². The number of amides is 3. The number of rotatable bonds is 5. The predicted octanol–water partition coefficient (Wildman–Crippen LogP) is 1.64. The maximum atomic E-state index is 12.3. The van der Waals surface area contributed by atoms with Crippen molar-refractivity contribution in [2.75, 3.05) is 13.1 Å². The summed E-state index contributed by atoms with van der Waals surface area (Å²) in [5.74, 6) is -0.860. The minimum atomic E-state index is -0.423. The molecule has 9 heteroatoms. The van der Waals surface area contributed by atoms with Crippen LogP contribution in [-0.4, -0.2) is 50.7 Å². The van der Waals surface area contributed by atoms with Gasteiger partial charge in [-0.2, -0.15) is 0 Å². The molecule has 9 nitrogen and oxygen atoms in total. The lowest BCUT2D eigenvalue weighted by Gasteiger charge is -2.19. The molecule has 1 aliphatic rings. The molecule has 1 aliphatic heterocycles. The van der Waals surface area contributed by atoms with Gasteiger partial charge >= 0.3 is 0 Å². The second-order valence-electron chi connectivity index (χ2n) is 7.56. The van der Waals surface area contributed by atoms with Crippen molar-refractivity contribution < 1.29 is 14.4 Å². The van der Waals surface area contributed by atoms with E-state index < -0.39 is 11.8 Å². The van der Waals surface area contributed by atoms with E-state index in [2.05, 4.69) is 21.2 Å². The highest BCUT2D eigenvalue weighted by molar-refractivity contribution is 5.95. The summed E-state index contributed by atoms with van der Waals surface area (Å²) in [4.78, 5) is 38.0. The lowest BCUT2D eigenvalue weighted by molar-refractivity contribution is -0.135. The van der Waals surface area contributed by atoms with Gasteiger partial charge in [-0.15, -0.1) is 5.10 Å². The number of carbonyl (C=O) groups is 3. The van der Waals surface area contributed by atoms with Crippen LogP contribution in [-0.2, 0) is 16.1 Å². The Morgan fingerprint density at radius 2 is 1.77 bits per heavy atom. The second-order valence-corrected chi connectivity index (χ2v) is 7.56.